The summed E-state index contributed by atoms with van der Waals surface area (Å²) in [5, 5.41) is 7.37. The number of aromatic nitrogens is 2. The number of fused-ring (bicyclic) bond motifs is 1. The van der Waals surface area contributed by atoms with Crippen LogP contribution >= 0.6 is 0 Å². The molecule has 1 atom stereocenters. The van der Waals surface area contributed by atoms with E-state index in [1.807, 2.05) is 24.4 Å². The molecular formula is C16H19N3O. The van der Waals surface area contributed by atoms with Crippen molar-refractivity contribution in [1.82, 2.24) is 14.9 Å². The van der Waals surface area contributed by atoms with Gasteiger partial charge < -0.3 is 5.32 Å². The number of nitrogens with one attached hydrogen (secondary N) is 1. The maximum absolute atomic E-state index is 12.4. The van der Waals surface area contributed by atoms with E-state index in [9.17, 15) is 4.79 Å². The van der Waals surface area contributed by atoms with Crippen molar-refractivity contribution in [3.63, 3.8) is 0 Å². The summed E-state index contributed by atoms with van der Waals surface area (Å²) in [5.74, 6) is 0.0303. The molecule has 1 amide bonds. The monoisotopic (exact) mass is 269 g/mol. The van der Waals surface area contributed by atoms with Crippen molar-refractivity contribution in [2.75, 3.05) is 0 Å². The van der Waals surface area contributed by atoms with Crippen LogP contribution in [0.5, 0.6) is 0 Å². The minimum Gasteiger partial charge on any atom is -0.349 e. The zero-order valence-corrected chi connectivity index (χ0v) is 11.9. The van der Waals surface area contributed by atoms with Gasteiger partial charge in [0.05, 0.1) is 17.3 Å². The van der Waals surface area contributed by atoms with Crippen molar-refractivity contribution in [3.8, 4) is 0 Å². The van der Waals surface area contributed by atoms with E-state index in [1.165, 1.54) is 12.8 Å². The lowest BCUT2D eigenvalue weighted by Gasteiger charge is -2.44. The van der Waals surface area contributed by atoms with Gasteiger partial charge in [-0.2, -0.15) is 5.10 Å². The second-order valence-corrected chi connectivity index (χ2v) is 7.19. The van der Waals surface area contributed by atoms with Gasteiger partial charge in [-0.1, -0.05) is 13.8 Å². The summed E-state index contributed by atoms with van der Waals surface area (Å²) in [4.78, 5) is 12.4. The molecule has 4 nitrogen and oxygen atoms in total. The van der Waals surface area contributed by atoms with Gasteiger partial charge in [-0.25, -0.2) is 4.52 Å². The van der Waals surface area contributed by atoms with Crippen molar-refractivity contribution >= 4 is 11.4 Å². The fourth-order valence-corrected chi connectivity index (χ4v) is 4.18. The second kappa shape index (κ2) is 3.62. The van der Waals surface area contributed by atoms with E-state index in [-0.39, 0.29) is 5.91 Å². The number of hydrogen-bond acceptors (Lipinski definition) is 2. The van der Waals surface area contributed by atoms with Gasteiger partial charge in [0.25, 0.3) is 5.91 Å². The smallest absolute Gasteiger partial charge is 0.253 e. The molecule has 2 aromatic heterocycles. The van der Waals surface area contributed by atoms with E-state index in [2.05, 4.69) is 24.3 Å². The van der Waals surface area contributed by atoms with E-state index in [0.717, 1.165) is 11.9 Å². The van der Waals surface area contributed by atoms with Crippen LogP contribution in [0.1, 0.15) is 43.5 Å². The maximum atomic E-state index is 12.4. The zero-order chi connectivity index (χ0) is 14.0. The molecular weight excluding hydrogens is 250 g/mol. The number of amides is 1. The Bertz CT molecular complexity index is 693. The van der Waals surface area contributed by atoms with Crippen molar-refractivity contribution in [2.45, 2.75) is 39.2 Å². The van der Waals surface area contributed by atoms with Crippen LogP contribution in [0.4, 0.5) is 0 Å². The molecule has 1 unspecified atom stereocenters. The number of nitrogens with zero attached hydrogens (tertiary/aromatic N) is 2. The van der Waals surface area contributed by atoms with E-state index < -0.39 is 0 Å². The van der Waals surface area contributed by atoms with Crippen molar-refractivity contribution < 1.29 is 4.79 Å². The Hall–Kier alpha value is -1.84. The molecule has 4 heteroatoms. The van der Waals surface area contributed by atoms with Crippen molar-refractivity contribution in [1.29, 1.82) is 0 Å². The van der Waals surface area contributed by atoms with Gasteiger partial charge in [0, 0.05) is 12.2 Å². The Kier molecular flexibility index (Phi) is 2.16. The van der Waals surface area contributed by atoms with Crippen LogP contribution in [0.15, 0.2) is 30.6 Å². The molecule has 2 heterocycles. The quantitative estimate of drug-likeness (QED) is 0.911. The molecule has 0 aromatic carbocycles. The number of carbonyl (C=O) groups is 1. The maximum Gasteiger partial charge on any atom is 0.253 e. The molecule has 2 aliphatic rings. The lowest BCUT2D eigenvalue weighted by Crippen LogP contribution is -2.40. The Morgan fingerprint density at radius 2 is 2.20 bits per heavy atom. The first kappa shape index (κ1) is 11.9. The van der Waals surface area contributed by atoms with E-state index in [4.69, 9.17) is 0 Å². The van der Waals surface area contributed by atoms with Crippen LogP contribution in [-0.2, 0) is 0 Å². The van der Waals surface area contributed by atoms with Crippen LogP contribution < -0.4 is 5.32 Å². The summed E-state index contributed by atoms with van der Waals surface area (Å²) in [6.07, 6.45) is 7.20. The van der Waals surface area contributed by atoms with Crippen LogP contribution in [0.25, 0.3) is 5.52 Å². The van der Waals surface area contributed by atoms with Gasteiger partial charge >= 0.3 is 0 Å². The molecule has 4 rings (SSSR count). The number of hydrogen-bond donors (Lipinski definition) is 1. The first-order chi connectivity index (χ1) is 9.49. The summed E-state index contributed by atoms with van der Waals surface area (Å²) in [6, 6.07) is 5.98. The molecule has 1 spiro atoms. The highest BCUT2D eigenvalue weighted by atomic mass is 16.1. The zero-order valence-electron chi connectivity index (χ0n) is 11.9. The molecule has 0 radical (unpaired) electrons. The van der Waals surface area contributed by atoms with Crippen LogP contribution in [0, 0.1) is 10.8 Å². The molecule has 2 fully saturated rings. The van der Waals surface area contributed by atoms with E-state index in [1.54, 1.807) is 10.7 Å². The summed E-state index contributed by atoms with van der Waals surface area (Å²) < 4.78 is 1.74. The summed E-state index contributed by atoms with van der Waals surface area (Å²) in [7, 11) is 0. The van der Waals surface area contributed by atoms with Gasteiger partial charge in [-0.15, -0.1) is 0 Å². The third-order valence-corrected chi connectivity index (χ3v) is 4.84. The third-order valence-electron chi connectivity index (χ3n) is 4.84. The molecule has 0 bridgehead atoms. The number of pyridine rings is 1. The van der Waals surface area contributed by atoms with Crippen LogP contribution in [-0.4, -0.2) is 21.6 Å². The fourth-order valence-electron chi connectivity index (χ4n) is 4.18. The van der Waals surface area contributed by atoms with Gasteiger partial charge in [0.15, 0.2) is 0 Å². The van der Waals surface area contributed by atoms with Crippen molar-refractivity contribution in [2.24, 2.45) is 10.8 Å². The topological polar surface area (TPSA) is 46.4 Å². The average molecular weight is 269 g/mol. The van der Waals surface area contributed by atoms with Gasteiger partial charge in [-0.05, 0) is 48.3 Å². The molecule has 0 saturated heterocycles. The fraction of sp³-hybridized carbons (Fsp3) is 0.500. The molecule has 20 heavy (non-hydrogen) atoms. The summed E-state index contributed by atoms with van der Waals surface area (Å²) >= 11 is 0. The van der Waals surface area contributed by atoms with Crippen molar-refractivity contribution in [3.05, 3.63) is 36.2 Å². The second-order valence-electron chi connectivity index (χ2n) is 7.19. The van der Waals surface area contributed by atoms with Crippen LogP contribution in [0.3, 0.4) is 0 Å². The first-order valence-electron chi connectivity index (χ1n) is 7.22. The standard InChI is InChI=1S/C16H19N3O/c1-15(2)9-16(10-15)8-13(16)18-14(20)11-4-3-7-19-12(11)5-6-17-19/h3-7,13H,8-10H2,1-2H3,(H,18,20). The lowest BCUT2D eigenvalue weighted by atomic mass is 9.61. The summed E-state index contributed by atoms with van der Waals surface area (Å²) in [5.41, 5.74) is 2.45. The van der Waals surface area contributed by atoms with Gasteiger partial charge in [-0.3, -0.25) is 4.79 Å². The largest absolute Gasteiger partial charge is 0.349 e. The van der Waals surface area contributed by atoms with E-state index in [0.29, 0.717) is 22.4 Å². The van der Waals surface area contributed by atoms with Crippen LogP contribution in [0.2, 0.25) is 0 Å². The lowest BCUT2D eigenvalue weighted by molar-refractivity contribution is 0.0636. The number of rotatable bonds is 2. The molecule has 1 N–H and O–H groups in total. The predicted molar refractivity (Wildman–Crippen MR) is 76.5 cm³/mol. The highest BCUT2D eigenvalue weighted by Gasteiger charge is 2.64. The molecule has 2 saturated carbocycles. The minimum atomic E-state index is 0.0303. The minimum absolute atomic E-state index is 0.0303. The molecule has 2 aliphatic carbocycles. The Balaban J connectivity index is 1.51. The Labute approximate surface area is 118 Å². The van der Waals surface area contributed by atoms with Gasteiger partial charge in [0.2, 0.25) is 0 Å². The van der Waals surface area contributed by atoms with Gasteiger partial charge in [0.1, 0.15) is 0 Å². The SMILES string of the molecule is CC1(C)CC2(CC2NC(=O)c2cccn3nccc23)C1. The normalized spacial score (nSPS) is 25.4. The first-order valence-corrected chi connectivity index (χ1v) is 7.22. The molecule has 2 aromatic rings. The Morgan fingerprint density at radius 3 is 2.95 bits per heavy atom. The summed E-state index contributed by atoms with van der Waals surface area (Å²) in [6.45, 7) is 4.62. The molecule has 104 valence electrons. The third kappa shape index (κ3) is 1.67. The Morgan fingerprint density at radius 1 is 1.40 bits per heavy atom. The highest BCUT2D eigenvalue weighted by Crippen LogP contribution is 2.68. The number of carbonyl (C=O) groups excluding carboxylic acids is 1. The highest BCUT2D eigenvalue weighted by molar-refractivity contribution is 6.01. The predicted octanol–water partition coefficient (Wildman–Crippen LogP) is 2.64. The average Bonchev–Trinajstić information content (AvgIpc) is 2.85. The molecule has 0 aliphatic heterocycles. The van der Waals surface area contributed by atoms with E-state index >= 15 is 0 Å².